The van der Waals surface area contributed by atoms with Crippen LogP contribution in [0, 0.1) is 0 Å². The average molecular weight is 274 g/mol. The number of ketones is 1. The molecule has 0 amide bonds. The zero-order valence-corrected chi connectivity index (χ0v) is 10.0. The number of phenols is 1. The predicted molar refractivity (Wildman–Crippen MR) is 60.3 cm³/mol. The standard InChI is InChI=1S/C10H12BrNO3/c1-5(12)10(14)6-3-8(13)9(15-2)4-7(6)11/h3-5,13H,12H2,1-2H3. The molecule has 0 aromatic heterocycles. The molecule has 1 aromatic carbocycles. The molecule has 5 heteroatoms. The highest BCUT2D eigenvalue weighted by atomic mass is 79.9. The summed E-state index contributed by atoms with van der Waals surface area (Å²) >= 11 is 3.22. The highest BCUT2D eigenvalue weighted by molar-refractivity contribution is 9.10. The second-order valence-electron chi connectivity index (χ2n) is 3.16. The maximum atomic E-state index is 11.6. The van der Waals surface area contributed by atoms with E-state index in [0.717, 1.165) is 0 Å². The van der Waals surface area contributed by atoms with Gasteiger partial charge in [0.15, 0.2) is 17.3 Å². The summed E-state index contributed by atoms with van der Waals surface area (Å²) in [7, 11) is 1.44. The van der Waals surface area contributed by atoms with Crippen molar-refractivity contribution in [3.05, 3.63) is 22.2 Å². The molecule has 4 nitrogen and oxygen atoms in total. The van der Waals surface area contributed by atoms with Gasteiger partial charge in [-0.2, -0.15) is 0 Å². The number of aromatic hydroxyl groups is 1. The van der Waals surface area contributed by atoms with E-state index in [2.05, 4.69) is 15.9 Å². The van der Waals surface area contributed by atoms with E-state index < -0.39 is 6.04 Å². The Bertz CT molecular complexity index is 390. The number of rotatable bonds is 3. The molecule has 0 aliphatic carbocycles. The number of nitrogens with two attached hydrogens (primary N) is 1. The summed E-state index contributed by atoms with van der Waals surface area (Å²) in [6.45, 7) is 1.59. The topological polar surface area (TPSA) is 72.5 Å². The van der Waals surface area contributed by atoms with E-state index in [1.165, 1.54) is 19.2 Å². The third-order valence-electron chi connectivity index (χ3n) is 1.95. The summed E-state index contributed by atoms with van der Waals surface area (Å²) in [5, 5.41) is 9.51. The van der Waals surface area contributed by atoms with E-state index in [-0.39, 0.29) is 11.5 Å². The Balaban J connectivity index is 3.22. The Labute approximate surface area is 96.2 Å². The van der Waals surface area contributed by atoms with Gasteiger partial charge in [0.2, 0.25) is 0 Å². The molecule has 82 valence electrons. The summed E-state index contributed by atoms with van der Waals surface area (Å²) < 4.78 is 5.45. The predicted octanol–water partition coefficient (Wildman–Crippen LogP) is 1.69. The van der Waals surface area contributed by atoms with E-state index in [0.29, 0.717) is 15.8 Å². The van der Waals surface area contributed by atoms with Crippen molar-refractivity contribution in [1.29, 1.82) is 0 Å². The molecule has 0 bridgehead atoms. The highest BCUT2D eigenvalue weighted by Gasteiger charge is 2.17. The molecule has 3 N–H and O–H groups in total. The molecular formula is C10H12BrNO3. The van der Waals surface area contributed by atoms with Gasteiger partial charge in [-0.05, 0) is 35.0 Å². The summed E-state index contributed by atoms with van der Waals surface area (Å²) in [5.74, 6) is -0.00683. The molecular weight excluding hydrogens is 262 g/mol. The zero-order chi connectivity index (χ0) is 11.6. The molecule has 1 rings (SSSR count). The third-order valence-corrected chi connectivity index (χ3v) is 2.60. The Hall–Kier alpha value is -1.07. The Morgan fingerprint density at radius 1 is 1.60 bits per heavy atom. The molecule has 0 aliphatic heterocycles. The van der Waals surface area contributed by atoms with E-state index in [1.807, 2.05) is 0 Å². The van der Waals surface area contributed by atoms with E-state index in [9.17, 15) is 9.90 Å². The van der Waals surface area contributed by atoms with Crippen LogP contribution in [0.15, 0.2) is 16.6 Å². The van der Waals surface area contributed by atoms with Crippen molar-refractivity contribution in [1.82, 2.24) is 0 Å². The van der Waals surface area contributed by atoms with Crippen molar-refractivity contribution in [2.75, 3.05) is 7.11 Å². The van der Waals surface area contributed by atoms with Crippen molar-refractivity contribution >= 4 is 21.7 Å². The van der Waals surface area contributed by atoms with Crippen LogP contribution in [0.4, 0.5) is 0 Å². The fourth-order valence-corrected chi connectivity index (χ4v) is 1.66. The maximum absolute atomic E-state index is 11.6. The molecule has 0 spiro atoms. The maximum Gasteiger partial charge on any atom is 0.180 e. The van der Waals surface area contributed by atoms with Crippen LogP contribution in [0.25, 0.3) is 0 Å². The number of carbonyl (C=O) groups is 1. The first-order valence-electron chi connectivity index (χ1n) is 4.33. The minimum Gasteiger partial charge on any atom is -0.504 e. The van der Waals surface area contributed by atoms with Gasteiger partial charge < -0.3 is 15.6 Å². The molecule has 0 saturated heterocycles. The van der Waals surface area contributed by atoms with Gasteiger partial charge in [0.05, 0.1) is 13.2 Å². The number of benzene rings is 1. The second-order valence-corrected chi connectivity index (χ2v) is 4.01. The number of hydrogen-bond acceptors (Lipinski definition) is 4. The van der Waals surface area contributed by atoms with Gasteiger partial charge in [0.25, 0.3) is 0 Å². The lowest BCUT2D eigenvalue weighted by Gasteiger charge is -2.10. The Morgan fingerprint density at radius 2 is 2.20 bits per heavy atom. The molecule has 0 aliphatic rings. The first kappa shape index (κ1) is 12.0. The largest absolute Gasteiger partial charge is 0.504 e. The van der Waals surface area contributed by atoms with Gasteiger partial charge >= 0.3 is 0 Å². The minimum atomic E-state index is -0.603. The van der Waals surface area contributed by atoms with Crippen molar-refractivity contribution < 1.29 is 14.6 Å². The first-order chi connectivity index (χ1) is 6.97. The SMILES string of the molecule is COc1cc(Br)c(C(=O)C(C)N)cc1O. The minimum absolute atomic E-state index is 0.0790. The van der Waals surface area contributed by atoms with E-state index in [4.69, 9.17) is 10.5 Å². The summed E-state index contributed by atoms with van der Waals surface area (Å²) in [6.07, 6.45) is 0. The van der Waals surface area contributed by atoms with Crippen molar-refractivity contribution in [3.63, 3.8) is 0 Å². The van der Waals surface area contributed by atoms with Gasteiger partial charge in [0, 0.05) is 10.0 Å². The number of ether oxygens (including phenoxy) is 1. The third kappa shape index (κ3) is 2.49. The quantitative estimate of drug-likeness (QED) is 0.823. The van der Waals surface area contributed by atoms with Crippen LogP contribution < -0.4 is 10.5 Å². The van der Waals surface area contributed by atoms with Crippen LogP contribution in [-0.2, 0) is 0 Å². The molecule has 1 aromatic rings. The molecule has 15 heavy (non-hydrogen) atoms. The van der Waals surface area contributed by atoms with Gasteiger partial charge in [0.1, 0.15) is 0 Å². The Kier molecular flexibility index (Phi) is 3.71. The lowest BCUT2D eigenvalue weighted by Crippen LogP contribution is -2.26. The number of Topliss-reactive ketones (excluding diaryl/α,β-unsaturated/α-hetero) is 1. The number of hydrogen-bond donors (Lipinski definition) is 2. The number of methoxy groups -OCH3 is 1. The molecule has 0 saturated carbocycles. The van der Waals surface area contributed by atoms with Crippen LogP contribution in [0.2, 0.25) is 0 Å². The average Bonchev–Trinajstić information content (AvgIpc) is 2.19. The fraction of sp³-hybridized carbons (Fsp3) is 0.300. The van der Waals surface area contributed by atoms with Gasteiger partial charge in [-0.15, -0.1) is 0 Å². The summed E-state index contributed by atoms with van der Waals surface area (Å²) in [5.41, 5.74) is 5.82. The van der Waals surface area contributed by atoms with Gasteiger partial charge in [-0.25, -0.2) is 0 Å². The molecule has 0 fully saturated rings. The molecule has 0 radical (unpaired) electrons. The lowest BCUT2D eigenvalue weighted by atomic mass is 10.1. The Morgan fingerprint density at radius 3 is 2.67 bits per heavy atom. The highest BCUT2D eigenvalue weighted by Crippen LogP contribution is 2.32. The first-order valence-corrected chi connectivity index (χ1v) is 5.13. The smallest absolute Gasteiger partial charge is 0.180 e. The van der Waals surface area contributed by atoms with E-state index >= 15 is 0 Å². The molecule has 1 atom stereocenters. The van der Waals surface area contributed by atoms with Crippen LogP contribution in [0.1, 0.15) is 17.3 Å². The van der Waals surface area contributed by atoms with Crippen molar-refractivity contribution in [2.24, 2.45) is 5.73 Å². The van der Waals surface area contributed by atoms with Crippen LogP contribution >= 0.6 is 15.9 Å². The van der Waals surface area contributed by atoms with Crippen LogP contribution in [-0.4, -0.2) is 24.0 Å². The lowest BCUT2D eigenvalue weighted by molar-refractivity contribution is 0.0966. The fourth-order valence-electron chi connectivity index (χ4n) is 1.14. The number of halogens is 1. The number of carbonyl (C=O) groups excluding carboxylic acids is 1. The van der Waals surface area contributed by atoms with Crippen molar-refractivity contribution in [2.45, 2.75) is 13.0 Å². The second kappa shape index (κ2) is 4.63. The number of phenolic OH excluding ortho intramolecular Hbond substituents is 1. The van der Waals surface area contributed by atoms with Gasteiger partial charge in [-0.3, -0.25) is 4.79 Å². The van der Waals surface area contributed by atoms with Crippen LogP contribution in [0.3, 0.4) is 0 Å². The van der Waals surface area contributed by atoms with E-state index in [1.54, 1.807) is 6.92 Å². The molecule has 0 heterocycles. The summed E-state index contributed by atoms with van der Waals surface area (Å²) in [6, 6.07) is 2.27. The monoisotopic (exact) mass is 273 g/mol. The van der Waals surface area contributed by atoms with Gasteiger partial charge in [-0.1, -0.05) is 0 Å². The van der Waals surface area contributed by atoms with Crippen LogP contribution in [0.5, 0.6) is 11.5 Å². The molecule has 1 unspecified atom stereocenters. The normalized spacial score (nSPS) is 12.3. The zero-order valence-electron chi connectivity index (χ0n) is 8.45. The van der Waals surface area contributed by atoms with Crippen molar-refractivity contribution in [3.8, 4) is 11.5 Å². The summed E-state index contributed by atoms with van der Waals surface area (Å²) in [4.78, 5) is 11.6.